The number of aromatic nitrogens is 2. The van der Waals surface area contributed by atoms with E-state index in [9.17, 15) is 19.7 Å². The van der Waals surface area contributed by atoms with Gasteiger partial charge in [-0.25, -0.2) is 0 Å². The number of carbonyl (C=O) groups is 2. The maximum Gasteiger partial charge on any atom is 0.312 e. The van der Waals surface area contributed by atoms with Gasteiger partial charge in [0.25, 0.3) is 5.91 Å². The molecule has 1 aliphatic carbocycles. The molecule has 2 N–H and O–H groups in total. The fourth-order valence-electron chi connectivity index (χ4n) is 3.70. The average molecular weight is 399 g/mol. The molecule has 0 bridgehead atoms. The summed E-state index contributed by atoms with van der Waals surface area (Å²) in [5, 5.41) is 15.3. The number of hydrogen-bond acceptors (Lipinski definition) is 5. The minimum Gasteiger partial charge on any atom is -0.273 e. The molecule has 3 rings (SSSR count). The molecular formula is C20H25N5O4. The highest BCUT2D eigenvalue weighted by Crippen LogP contribution is 2.24. The van der Waals surface area contributed by atoms with Crippen molar-refractivity contribution in [1.29, 1.82) is 0 Å². The third kappa shape index (κ3) is 4.79. The number of aryl methyl sites for hydroxylation is 1. The van der Waals surface area contributed by atoms with Gasteiger partial charge in [0.05, 0.1) is 11.5 Å². The van der Waals surface area contributed by atoms with Gasteiger partial charge in [0, 0.05) is 11.5 Å². The number of hydrazine groups is 1. The zero-order chi connectivity index (χ0) is 21.0. The van der Waals surface area contributed by atoms with Gasteiger partial charge in [-0.1, -0.05) is 31.4 Å². The summed E-state index contributed by atoms with van der Waals surface area (Å²) in [5.41, 5.74) is 7.13. The van der Waals surface area contributed by atoms with Crippen LogP contribution in [0.2, 0.25) is 0 Å². The van der Waals surface area contributed by atoms with Gasteiger partial charge < -0.3 is 0 Å². The van der Waals surface area contributed by atoms with E-state index >= 15 is 0 Å². The third-order valence-corrected chi connectivity index (χ3v) is 5.35. The largest absolute Gasteiger partial charge is 0.312 e. The molecule has 1 heterocycles. The molecule has 1 aliphatic rings. The van der Waals surface area contributed by atoms with Crippen molar-refractivity contribution in [2.75, 3.05) is 0 Å². The summed E-state index contributed by atoms with van der Waals surface area (Å²) in [7, 11) is 0. The van der Waals surface area contributed by atoms with E-state index in [1.54, 1.807) is 42.8 Å². The topological polar surface area (TPSA) is 119 Å². The second kappa shape index (κ2) is 8.85. The highest BCUT2D eigenvalue weighted by molar-refractivity contribution is 5.95. The zero-order valence-electron chi connectivity index (χ0n) is 16.6. The molecule has 1 aromatic heterocycles. The minimum absolute atomic E-state index is 0.0229. The van der Waals surface area contributed by atoms with Gasteiger partial charge >= 0.3 is 5.69 Å². The van der Waals surface area contributed by atoms with Gasteiger partial charge in [0.15, 0.2) is 0 Å². The van der Waals surface area contributed by atoms with Crippen LogP contribution in [0.25, 0.3) is 0 Å². The second-order valence-electron chi connectivity index (χ2n) is 7.41. The van der Waals surface area contributed by atoms with Crippen molar-refractivity contribution in [2.45, 2.75) is 52.5 Å². The van der Waals surface area contributed by atoms with Crippen LogP contribution in [0.1, 0.15) is 59.4 Å². The van der Waals surface area contributed by atoms with E-state index < -0.39 is 4.92 Å². The molecule has 0 radical (unpaired) electrons. The SMILES string of the molecule is Cc1nn(Cc2ccc(C(=O)NNC(=O)C3CCCCC3)cc2)c(C)c1[N+](=O)[O-]. The van der Waals surface area contributed by atoms with Gasteiger partial charge in [0.2, 0.25) is 5.91 Å². The quantitative estimate of drug-likeness (QED) is 0.592. The predicted molar refractivity (Wildman–Crippen MR) is 106 cm³/mol. The smallest absolute Gasteiger partial charge is 0.273 e. The van der Waals surface area contributed by atoms with Gasteiger partial charge in [-0.05, 0) is 44.4 Å². The lowest BCUT2D eigenvalue weighted by Gasteiger charge is -2.20. The van der Waals surface area contributed by atoms with Crippen molar-refractivity contribution in [3.63, 3.8) is 0 Å². The third-order valence-electron chi connectivity index (χ3n) is 5.35. The van der Waals surface area contributed by atoms with Crippen molar-refractivity contribution in [2.24, 2.45) is 5.92 Å². The Morgan fingerprint density at radius 2 is 1.79 bits per heavy atom. The Balaban J connectivity index is 1.58. The van der Waals surface area contributed by atoms with E-state index in [-0.39, 0.29) is 23.4 Å². The summed E-state index contributed by atoms with van der Waals surface area (Å²) in [6.07, 6.45) is 4.98. The average Bonchev–Trinajstić information content (AvgIpc) is 3.00. The van der Waals surface area contributed by atoms with E-state index in [0.29, 0.717) is 23.5 Å². The van der Waals surface area contributed by atoms with Gasteiger partial charge in [-0.2, -0.15) is 5.10 Å². The fourth-order valence-corrected chi connectivity index (χ4v) is 3.70. The molecule has 0 spiro atoms. The molecule has 2 aromatic rings. The molecule has 9 nitrogen and oxygen atoms in total. The van der Waals surface area contributed by atoms with Crippen LogP contribution in [0, 0.1) is 29.9 Å². The Kier molecular flexibility index (Phi) is 6.26. The van der Waals surface area contributed by atoms with E-state index in [4.69, 9.17) is 0 Å². The zero-order valence-corrected chi connectivity index (χ0v) is 16.6. The van der Waals surface area contributed by atoms with Gasteiger partial charge in [0.1, 0.15) is 11.4 Å². The van der Waals surface area contributed by atoms with Crippen LogP contribution in [0.4, 0.5) is 5.69 Å². The van der Waals surface area contributed by atoms with Crippen LogP contribution in [0.5, 0.6) is 0 Å². The van der Waals surface area contributed by atoms with E-state index in [0.717, 1.165) is 37.7 Å². The summed E-state index contributed by atoms with van der Waals surface area (Å²) in [6.45, 7) is 3.63. The molecule has 154 valence electrons. The van der Waals surface area contributed by atoms with Gasteiger partial charge in [-0.15, -0.1) is 0 Å². The standard InChI is InChI=1S/C20H25N5O4/c1-13-18(25(28)29)14(2)24(23-13)12-15-8-10-17(11-9-15)20(27)22-21-19(26)16-6-4-3-5-7-16/h8-11,16H,3-7,12H2,1-2H3,(H,21,26)(H,22,27). The fraction of sp³-hybridized carbons (Fsp3) is 0.450. The first-order valence-electron chi connectivity index (χ1n) is 9.74. The predicted octanol–water partition coefficient (Wildman–Crippen LogP) is 2.80. The van der Waals surface area contributed by atoms with Crippen molar-refractivity contribution < 1.29 is 14.5 Å². The Morgan fingerprint density at radius 1 is 1.14 bits per heavy atom. The Morgan fingerprint density at radius 3 is 2.38 bits per heavy atom. The first-order valence-corrected chi connectivity index (χ1v) is 9.74. The molecule has 0 unspecified atom stereocenters. The number of nitrogens with zero attached hydrogens (tertiary/aromatic N) is 3. The Bertz CT molecular complexity index is 914. The summed E-state index contributed by atoms with van der Waals surface area (Å²) >= 11 is 0. The molecular weight excluding hydrogens is 374 g/mol. The van der Waals surface area contributed by atoms with Crippen LogP contribution in [0.15, 0.2) is 24.3 Å². The van der Waals surface area contributed by atoms with E-state index in [1.807, 2.05) is 0 Å². The highest BCUT2D eigenvalue weighted by Gasteiger charge is 2.22. The molecule has 1 aromatic carbocycles. The number of carbonyl (C=O) groups excluding carboxylic acids is 2. The monoisotopic (exact) mass is 399 g/mol. The summed E-state index contributed by atoms with van der Waals surface area (Å²) in [5.74, 6) is -0.556. The van der Waals surface area contributed by atoms with Crippen LogP contribution >= 0.6 is 0 Å². The molecule has 1 saturated carbocycles. The Hall–Kier alpha value is -3.23. The molecule has 0 atom stereocenters. The normalized spacial score (nSPS) is 14.4. The number of amides is 2. The molecule has 9 heteroatoms. The number of hydrogen-bond donors (Lipinski definition) is 2. The molecule has 0 aliphatic heterocycles. The van der Waals surface area contributed by atoms with Crippen molar-refractivity contribution >= 4 is 17.5 Å². The Labute approximate surface area is 168 Å². The minimum atomic E-state index is -0.427. The highest BCUT2D eigenvalue weighted by atomic mass is 16.6. The maximum atomic E-state index is 12.3. The number of rotatable bonds is 5. The molecule has 29 heavy (non-hydrogen) atoms. The number of benzene rings is 1. The van der Waals surface area contributed by atoms with E-state index in [1.165, 1.54) is 0 Å². The first kappa shape index (κ1) is 20.5. The second-order valence-corrected chi connectivity index (χ2v) is 7.41. The molecule has 2 amide bonds. The lowest BCUT2D eigenvalue weighted by Crippen LogP contribution is -2.44. The lowest BCUT2D eigenvalue weighted by atomic mass is 9.89. The molecule has 1 fully saturated rings. The maximum absolute atomic E-state index is 12.3. The summed E-state index contributed by atoms with van der Waals surface area (Å²) < 4.78 is 1.58. The van der Waals surface area contributed by atoms with Gasteiger partial charge in [-0.3, -0.25) is 35.2 Å². The van der Waals surface area contributed by atoms with Crippen LogP contribution in [0.3, 0.4) is 0 Å². The van der Waals surface area contributed by atoms with Crippen molar-refractivity contribution in [3.8, 4) is 0 Å². The van der Waals surface area contributed by atoms with Crippen molar-refractivity contribution in [1.82, 2.24) is 20.6 Å². The number of nitro groups is 1. The van der Waals surface area contributed by atoms with Crippen LogP contribution in [-0.2, 0) is 11.3 Å². The summed E-state index contributed by atoms with van der Waals surface area (Å²) in [4.78, 5) is 35.1. The van der Waals surface area contributed by atoms with E-state index in [2.05, 4.69) is 16.0 Å². The van der Waals surface area contributed by atoms with Crippen molar-refractivity contribution in [3.05, 3.63) is 56.9 Å². The first-order chi connectivity index (χ1) is 13.9. The number of nitrogens with one attached hydrogen (secondary N) is 2. The molecule has 0 saturated heterocycles. The summed E-state index contributed by atoms with van der Waals surface area (Å²) in [6, 6.07) is 6.83. The van der Waals surface area contributed by atoms with Crippen LogP contribution < -0.4 is 10.9 Å². The van der Waals surface area contributed by atoms with Crippen LogP contribution in [-0.4, -0.2) is 26.5 Å². The lowest BCUT2D eigenvalue weighted by molar-refractivity contribution is -0.386.